The number of aromatic amines is 2. The normalized spacial score (nSPS) is 11.2. The quantitative estimate of drug-likeness (QED) is 0.545. The number of hydrogen-bond acceptors (Lipinski definition) is 2. The smallest absolute Gasteiger partial charge is 0.195 e. The zero-order valence-electron chi connectivity index (χ0n) is 13.4. The van der Waals surface area contributed by atoms with Gasteiger partial charge in [0, 0.05) is 23.0 Å². The van der Waals surface area contributed by atoms with Crippen LogP contribution in [0.1, 0.15) is 22.6 Å². The Morgan fingerprint density at radius 2 is 1.79 bits per heavy atom. The van der Waals surface area contributed by atoms with E-state index in [1.807, 2.05) is 24.3 Å². The van der Waals surface area contributed by atoms with Crippen molar-refractivity contribution in [2.24, 2.45) is 0 Å². The molecule has 0 radical (unpaired) electrons. The zero-order valence-corrected chi connectivity index (χ0v) is 14.2. The SMILES string of the molecule is Cc1[nH]c2ccccc2c1Cc1n[nH]c(=S)n1Cc1ccccc1. The summed E-state index contributed by atoms with van der Waals surface area (Å²) in [6, 6.07) is 18.7. The summed E-state index contributed by atoms with van der Waals surface area (Å²) >= 11 is 5.43. The molecule has 0 bridgehead atoms. The third-order valence-electron chi connectivity index (χ3n) is 4.38. The number of rotatable bonds is 4. The second kappa shape index (κ2) is 6.09. The van der Waals surface area contributed by atoms with Gasteiger partial charge in [-0.15, -0.1) is 0 Å². The fourth-order valence-corrected chi connectivity index (χ4v) is 3.35. The molecule has 5 heteroatoms. The van der Waals surface area contributed by atoms with Crippen molar-refractivity contribution in [3.05, 3.63) is 82.0 Å². The number of benzene rings is 2. The van der Waals surface area contributed by atoms with Crippen molar-refractivity contribution in [3.63, 3.8) is 0 Å². The average molecular weight is 334 g/mol. The molecule has 2 N–H and O–H groups in total. The van der Waals surface area contributed by atoms with Crippen LogP contribution in [0, 0.1) is 11.7 Å². The molecule has 0 spiro atoms. The largest absolute Gasteiger partial charge is 0.358 e. The van der Waals surface area contributed by atoms with Crippen molar-refractivity contribution in [1.82, 2.24) is 19.7 Å². The van der Waals surface area contributed by atoms with E-state index in [0.29, 0.717) is 4.77 Å². The van der Waals surface area contributed by atoms with Crippen molar-refractivity contribution in [2.45, 2.75) is 19.9 Å². The second-order valence-electron chi connectivity index (χ2n) is 5.97. The predicted octanol–water partition coefficient (Wildman–Crippen LogP) is 4.37. The number of nitrogens with one attached hydrogen (secondary N) is 2. The van der Waals surface area contributed by atoms with Crippen LogP contribution in [0.4, 0.5) is 0 Å². The molecule has 4 aromatic rings. The van der Waals surface area contributed by atoms with Gasteiger partial charge in [0.15, 0.2) is 4.77 Å². The van der Waals surface area contributed by atoms with Crippen molar-refractivity contribution in [1.29, 1.82) is 0 Å². The van der Waals surface area contributed by atoms with Gasteiger partial charge >= 0.3 is 0 Å². The van der Waals surface area contributed by atoms with E-state index in [1.165, 1.54) is 22.2 Å². The van der Waals surface area contributed by atoms with E-state index in [2.05, 4.69) is 57.0 Å². The molecule has 0 fully saturated rings. The summed E-state index contributed by atoms with van der Waals surface area (Å²) in [7, 11) is 0. The molecule has 0 aliphatic heterocycles. The first-order valence-electron chi connectivity index (χ1n) is 7.96. The molecule has 0 saturated heterocycles. The molecule has 2 heterocycles. The number of aryl methyl sites for hydroxylation is 1. The molecule has 0 unspecified atom stereocenters. The Hall–Kier alpha value is -2.66. The molecular formula is C19H18N4S. The molecule has 2 aromatic carbocycles. The van der Waals surface area contributed by atoms with Gasteiger partial charge in [0.25, 0.3) is 0 Å². The molecule has 0 amide bonds. The van der Waals surface area contributed by atoms with E-state index in [1.54, 1.807) is 0 Å². The van der Waals surface area contributed by atoms with Gasteiger partial charge in [0.1, 0.15) is 5.82 Å². The maximum atomic E-state index is 5.43. The Kier molecular flexibility index (Phi) is 3.78. The van der Waals surface area contributed by atoms with Crippen LogP contribution in [0.3, 0.4) is 0 Å². The van der Waals surface area contributed by atoms with Crippen molar-refractivity contribution in [3.8, 4) is 0 Å². The van der Waals surface area contributed by atoms with Gasteiger partial charge in [0.05, 0.1) is 6.54 Å². The summed E-state index contributed by atoms with van der Waals surface area (Å²) < 4.78 is 2.73. The molecule has 24 heavy (non-hydrogen) atoms. The lowest BCUT2D eigenvalue weighted by molar-refractivity contribution is 0.732. The van der Waals surface area contributed by atoms with Crippen molar-refractivity contribution in [2.75, 3.05) is 0 Å². The van der Waals surface area contributed by atoms with Crippen LogP contribution in [0.2, 0.25) is 0 Å². The van der Waals surface area contributed by atoms with Gasteiger partial charge in [0.2, 0.25) is 0 Å². The third kappa shape index (κ3) is 2.67. The van der Waals surface area contributed by atoms with E-state index in [4.69, 9.17) is 12.2 Å². The number of fused-ring (bicyclic) bond motifs is 1. The summed E-state index contributed by atoms with van der Waals surface area (Å²) in [4.78, 5) is 3.45. The zero-order chi connectivity index (χ0) is 16.5. The third-order valence-corrected chi connectivity index (χ3v) is 4.69. The van der Waals surface area contributed by atoms with Crippen LogP contribution in [0.15, 0.2) is 54.6 Å². The van der Waals surface area contributed by atoms with Gasteiger partial charge in [-0.05, 0) is 36.3 Å². The van der Waals surface area contributed by atoms with E-state index >= 15 is 0 Å². The summed E-state index contributed by atoms with van der Waals surface area (Å²) in [6.07, 6.45) is 0.746. The fraction of sp³-hybridized carbons (Fsp3) is 0.158. The minimum absolute atomic E-state index is 0.659. The van der Waals surface area contributed by atoms with Crippen molar-refractivity contribution < 1.29 is 0 Å². The summed E-state index contributed by atoms with van der Waals surface area (Å²) in [5.74, 6) is 0.955. The van der Waals surface area contributed by atoms with E-state index in [-0.39, 0.29) is 0 Å². The highest BCUT2D eigenvalue weighted by atomic mass is 32.1. The molecule has 2 aromatic heterocycles. The monoisotopic (exact) mass is 334 g/mol. The topological polar surface area (TPSA) is 49.4 Å². The van der Waals surface area contributed by atoms with Crippen molar-refractivity contribution >= 4 is 23.1 Å². The van der Waals surface area contributed by atoms with Gasteiger partial charge < -0.3 is 4.98 Å². The summed E-state index contributed by atoms with van der Waals surface area (Å²) in [5.41, 5.74) is 4.82. The number of hydrogen-bond donors (Lipinski definition) is 2. The molecule has 120 valence electrons. The first kappa shape index (κ1) is 14.9. The second-order valence-corrected chi connectivity index (χ2v) is 6.35. The summed E-state index contributed by atoms with van der Waals surface area (Å²) in [5, 5.41) is 8.66. The standard InChI is InChI=1S/C19H18N4S/c1-13-16(15-9-5-6-10-17(15)20-13)11-18-21-22-19(24)23(18)12-14-7-3-2-4-8-14/h2-10,20H,11-12H2,1H3,(H,22,24). The Labute approximate surface area is 145 Å². The number of H-pyrrole nitrogens is 2. The lowest BCUT2D eigenvalue weighted by Crippen LogP contribution is -2.06. The minimum Gasteiger partial charge on any atom is -0.358 e. The average Bonchev–Trinajstić information content (AvgIpc) is 3.10. The number of nitrogens with zero attached hydrogens (tertiary/aromatic N) is 2. The van der Waals surface area contributed by atoms with Crippen LogP contribution >= 0.6 is 12.2 Å². The number of para-hydroxylation sites is 1. The lowest BCUT2D eigenvalue weighted by atomic mass is 10.1. The highest BCUT2D eigenvalue weighted by Gasteiger charge is 2.13. The fourth-order valence-electron chi connectivity index (χ4n) is 3.13. The Bertz CT molecular complexity index is 1040. The predicted molar refractivity (Wildman–Crippen MR) is 98.8 cm³/mol. The molecule has 4 rings (SSSR count). The summed E-state index contributed by atoms with van der Waals surface area (Å²) in [6.45, 7) is 2.84. The van der Waals surface area contributed by atoms with Gasteiger partial charge in [-0.25, -0.2) is 0 Å². The molecule has 4 nitrogen and oxygen atoms in total. The first-order valence-corrected chi connectivity index (χ1v) is 8.37. The highest BCUT2D eigenvalue weighted by Crippen LogP contribution is 2.24. The number of aromatic nitrogens is 4. The molecular weight excluding hydrogens is 316 g/mol. The Balaban J connectivity index is 1.73. The van der Waals surface area contributed by atoms with Crippen LogP contribution < -0.4 is 0 Å². The van der Waals surface area contributed by atoms with Crippen LogP contribution in [-0.4, -0.2) is 19.7 Å². The highest BCUT2D eigenvalue weighted by molar-refractivity contribution is 7.71. The van der Waals surface area contributed by atoms with E-state index in [0.717, 1.165) is 24.3 Å². The molecule has 0 aliphatic carbocycles. The Morgan fingerprint density at radius 3 is 2.62 bits per heavy atom. The maximum absolute atomic E-state index is 5.43. The minimum atomic E-state index is 0.659. The molecule has 0 saturated carbocycles. The Morgan fingerprint density at radius 1 is 1.04 bits per heavy atom. The molecule has 0 aliphatic rings. The van der Waals surface area contributed by atoms with Gasteiger partial charge in [-0.3, -0.25) is 9.67 Å². The lowest BCUT2D eigenvalue weighted by Gasteiger charge is -2.07. The van der Waals surface area contributed by atoms with Crippen LogP contribution in [-0.2, 0) is 13.0 Å². The van der Waals surface area contributed by atoms with Gasteiger partial charge in [-0.1, -0.05) is 48.5 Å². The van der Waals surface area contributed by atoms with Crippen LogP contribution in [0.25, 0.3) is 10.9 Å². The molecule has 0 atom stereocenters. The first-order chi connectivity index (χ1) is 11.7. The van der Waals surface area contributed by atoms with E-state index < -0.39 is 0 Å². The van der Waals surface area contributed by atoms with Gasteiger partial charge in [-0.2, -0.15) is 5.10 Å². The maximum Gasteiger partial charge on any atom is 0.195 e. The van der Waals surface area contributed by atoms with E-state index in [9.17, 15) is 0 Å². The van der Waals surface area contributed by atoms with Crippen LogP contribution in [0.5, 0.6) is 0 Å².